The van der Waals surface area contributed by atoms with Crippen molar-refractivity contribution >= 4 is 0 Å². The Labute approximate surface area is 79.3 Å². The van der Waals surface area contributed by atoms with E-state index in [4.69, 9.17) is 10.2 Å². The van der Waals surface area contributed by atoms with E-state index in [2.05, 4.69) is 12.2 Å². The molecular weight excluding hydrogens is 164 g/mol. The molecule has 0 amide bonds. The van der Waals surface area contributed by atoms with E-state index in [0.717, 1.165) is 18.8 Å². The summed E-state index contributed by atoms with van der Waals surface area (Å²) in [5, 5.41) is 3.30. The highest BCUT2D eigenvalue weighted by atomic mass is 16.3. The molecule has 74 valence electrons. The fraction of sp³-hybridized carbons (Fsp3) is 0.600. The molecule has 1 heterocycles. The van der Waals surface area contributed by atoms with Crippen molar-refractivity contribution in [2.45, 2.75) is 26.4 Å². The smallest absolute Gasteiger partial charge is 0.117 e. The highest BCUT2D eigenvalue weighted by Gasteiger charge is 2.06. The molecule has 2 unspecified atom stereocenters. The van der Waals surface area contributed by atoms with Crippen LogP contribution in [-0.2, 0) is 6.54 Å². The molecule has 0 aliphatic heterocycles. The minimum Gasteiger partial charge on any atom is -0.468 e. The summed E-state index contributed by atoms with van der Waals surface area (Å²) in [6.45, 7) is 5.88. The van der Waals surface area contributed by atoms with Crippen LogP contribution in [0, 0.1) is 5.92 Å². The summed E-state index contributed by atoms with van der Waals surface area (Å²) in [4.78, 5) is 0. The average molecular weight is 182 g/mol. The maximum absolute atomic E-state index is 5.73. The van der Waals surface area contributed by atoms with Gasteiger partial charge in [-0.15, -0.1) is 0 Å². The van der Waals surface area contributed by atoms with Gasteiger partial charge in [0.25, 0.3) is 0 Å². The van der Waals surface area contributed by atoms with Gasteiger partial charge >= 0.3 is 0 Å². The van der Waals surface area contributed by atoms with E-state index in [1.54, 1.807) is 6.26 Å². The van der Waals surface area contributed by atoms with Crippen LogP contribution in [-0.4, -0.2) is 12.6 Å². The van der Waals surface area contributed by atoms with E-state index in [9.17, 15) is 0 Å². The van der Waals surface area contributed by atoms with Crippen LogP contribution in [0.4, 0.5) is 0 Å². The second-order valence-electron chi connectivity index (χ2n) is 3.55. The summed E-state index contributed by atoms with van der Waals surface area (Å²) in [6, 6.07) is 4.10. The van der Waals surface area contributed by atoms with Gasteiger partial charge in [-0.2, -0.15) is 0 Å². The monoisotopic (exact) mass is 182 g/mol. The van der Waals surface area contributed by atoms with E-state index in [1.807, 2.05) is 19.1 Å². The first-order valence-corrected chi connectivity index (χ1v) is 4.69. The molecule has 2 atom stereocenters. The zero-order valence-corrected chi connectivity index (χ0v) is 8.29. The minimum atomic E-state index is 0.240. The number of nitrogens with two attached hydrogens (primary N) is 1. The van der Waals surface area contributed by atoms with Gasteiger partial charge < -0.3 is 15.5 Å². The summed E-state index contributed by atoms with van der Waals surface area (Å²) in [6.07, 6.45) is 1.69. The fourth-order valence-corrected chi connectivity index (χ4v) is 1.02. The second kappa shape index (κ2) is 5.04. The highest BCUT2D eigenvalue weighted by molar-refractivity contribution is 4.97. The number of rotatable bonds is 5. The lowest BCUT2D eigenvalue weighted by Crippen LogP contribution is -2.32. The number of hydrogen-bond donors (Lipinski definition) is 2. The molecule has 13 heavy (non-hydrogen) atoms. The van der Waals surface area contributed by atoms with Crippen LogP contribution in [0.25, 0.3) is 0 Å². The molecule has 3 heteroatoms. The highest BCUT2D eigenvalue weighted by Crippen LogP contribution is 2.01. The largest absolute Gasteiger partial charge is 0.468 e. The van der Waals surface area contributed by atoms with Gasteiger partial charge in [-0.1, -0.05) is 6.92 Å². The maximum atomic E-state index is 5.73. The van der Waals surface area contributed by atoms with Gasteiger partial charge in [0.15, 0.2) is 0 Å². The fourth-order valence-electron chi connectivity index (χ4n) is 1.02. The normalized spacial score (nSPS) is 15.6. The maximum Gasteiger partial charge on any atom is 0.117 e. The van der Waals surface area contributed by atoms with Crippen molar-refractivity contribution in [2.75, 3.05) is 6.54 Å². The van der Waals surface area contributed by atoms with Crippen molar-refractivity contribution in [3.8, 4) is 0 Å². The van der Waals surface area contributed by atoms with Gasteiger partial charge in [0.1, 0.15) is 5.76 Å². The Kier molecular flexibility index (Phi) is 3.99. The number of furan rings is 1. The Morgan fingerprint density at radius 3 is 2.85 bits per heavy atom. The van der Waals surface area contributed by atoms with Crippen LogP contribution in [0.3, 0.4) is 0 Å². The molecule has 0 aromatic carbocycles. The molecule has 0 fully saturated rings. The van der Waals surface area contributed by atoms with Crippen LogP contribution in [0.2, 0.25) is 0 Å². The minimum absolute atomic E-state index is 0.240. The van der Waals surface area contributed by atoms with E-state index in [-0.39, 0.29) is 6.04 Å². The molecule has 1 aromatic rings. The van der Waals surface area contributed by atoms with E-state index < -0.39 is 0 Å². The van der Waals surface area contributed by atoms with Gasteiger partial charge in [0.2, 0.25) is 0 Å². The van der Waals surface area contributed by atoms with Crippen LogP contribution < -0.4 is 11.1 Å². The molecule has 0 aliphatic carbocycles. The summed E-state index contributed by atoms with van der Waals surface area (Å²) in [7, 11) is 0. The third-order valence-corrected chi connectivity index (χ3v) is 2.24. The molecule has 0 saturated heterocycles. The molecule has 0 spiro atoms. The third-order valence-electron chi connectivity index (χ3n) is 2.24. The summed E-state index contributed by atoms with van der Waals surface area (Å²) in [5.41, 5.74) is 5.73. The first-order valence-electron chi connectivity index (χ1n) is 4.69. The molecule has 0 aliphatic rings. The second-order valence-corrected chi connectivity index (χ2v) is 3.55. The van der Waals surface area contributed by atoms with Crippen LogP contribution >= 0.6 is 0 Å². The predicted molar refractivity (Wildman–Crippen MR) is 53.2 cm³/mol. The molecule has 3 N–H and O–H groups in total. The lowest BCUT2D eigenvalue weighted by molar-refractivity contribution is 0.420. The van der Waals surface area contributed by atoms with Crippen molar-refractivity contribution in [3.63, 3.8) is 0 Å². The van der Waals surface area contributed by atoms with Crippen LogP contribution in [0.5, 0.6) is 0 Å². The molecule has 3 nitrogen and oxygen atoms in total. The van der Waals surface area contributed by atoms with Gasteiger partial charge in [-0.25, -0.2) is 0 Å². The lowest BCUT2D eigenvalue weighted by atomic mass is 10.1. The van der Waals surface area contributed by atoms with Crippen LogP contribution in [0.15, 0.2) is 22.8 Å². The van der Waals surface area contributed by atoms with Crippen molar-refractivity contribution in [1.29, 1.82) is 0 Å². The van der Waals surface area contributed by atoms with Gasteiger partial charge in [0, 0.05) is 6.04 Å². The van der Waals surface area contributed by atoms with E-state index in [1.165, 1.54) is 0 Å². The molecule has 0 saturated carbocycles. The SMILES string of the molecule is CC(N)C(C)CNCc1ccco1. The Morgan fingerprint density at radius 1 is 1.54 bits per heavy atom. The molecule has 1 aromatic heterocycles. The topological polar surface area (TPSA) is 51.2 Å². The van der Waals surface area contributed by atoms with Crippen LogP contribution in [0.1, 0.15) is 19.6 Å². The first kappa shape index (κ1) is 10.3. The van der Waals surface area contributed by atoms with E-state index in [0.29, 0.717) is 5.92 Å². The average Bonchev–Trinajstić information content (AvgIpc) is 2.56. The van der Waals surface area contributed by atoms with Crippen molar-refractivity contribution in [2.24, 2.45) is 11.7 Å². The van der Waals surface area contributed by atoms with E-state index >= 15 is 0 Å². The Balaban J connectivity index is 2.14. The number of hydrogen-bond acceptors (Lipinski definition) is 3. The van der Waals surface area contributed by atoms with Gasteiger partial charge in [-0.05, 0) is 31.5 Å². The van der Waals surface area contributed by atoms with Crippen molar-refractivity contribution < 1.29 is 4.42 Å². The zero-order chi connectivity index (χ0) is 9.68. The Morgan fingerprint density at radius 2 is 2.31 bits per heavy atom. The van der Waals surface area contributed by atoms with Crippen molar-refractivity contribution in [1.82, 2.24) is 5.32 Å². The lowest BCUT2D eigenvalue weighted by Gasteiger charge is -2.15. The predicted octanol–water partition coefficient (Wildman–Crippen LogP) is 1.35. The molecule has 0 bridgehead atoms. The summed E-state index contributed by atoms with van der Waals surface area (Å²) >= 11 is 0. The third kappa shape index (κ3) is 3.61. The van der Waals surface area contributed by atoms with Gasteiger partial charge in [0.05, 0.1) is 12.8 Å². The molecular formula is C10H18N2O. The zero-order valence-electron chi connectivity index (χ0n) is 8.29. The molecule has 1 rings (SSSR count). The first-order chi connectivity index (χ1) is 6.20. The standard InChI is InChI=1S/C10H18N2O/c1-8(9(2)11)6-12-7-10-4-3-5-13-10/h3-5,8-9,12H,6-7,11H2,1-2H3. The van der Waals surface area contributed by atoms with Crippen molar-refractivity contribution in [3.05, 3.63) is 24.2 Å². The van der Waals surface area contributed by atoms with Gasteiger partial charge in [-0.3, -0.25) is 0 Å². The quantitative estimate of drug-likeness (QED) is 0.722. The summed E-state index contributed by atoms with van der Waals surface area (Å²) < 4.78 is 5.18. The number of nitrogens with one attached hydrogen (secondary N) is 1. The Hall–Kier alpha value is -0.800. The summed E-state index contributed by atoms with van der Waals surface area (Å²) in [5.74, 6) is 1.46. The molecule has 0 radical (unpaired) electrons. The Bertz CT molecular complexity index is 219.